The van der Waals surface area contributed by atoms with E-state index in [0.29, 0.717) is 13.5 Å². The van der Waals surface area contributed by atoms with Crippen LogP contribution in [0.4, 0.5) is 26.3 Å². The molecule has 0 amide bonds. The SMILES string of the molecule is CCCC(CC)C(C)S(=O)(=O)C(F)(F)C(F)(F)C(F)(F)COC. The maximum atomic E-state index is 13.9. The summed E-state index contributed by atoms with van der Waals surface area (Å²) >= 11 is 0. The highest BCUT2D eigenvalue weighted by atomic mass is 32.2. The first-order valence-corrected chi connectivity index (χ1v) is 8.65. The third kappa shape index (κ3) is 3.94. The molecule has 140 valence electrons. The van der Waals surface area contributed by atoms with Gasteiger partial charge in [-0.05, 0) is 19.3 Å². The van der Waals surface area contributed by atoms with Crippen molar-refractivity contribution >= 4 is 9.84 Å². The first kappa shape index (κ1) is 22.5. The largest absolute Gasteiger partial charge is 0.413 e. The maximum absolute atomic E-state index is 13.9. The molecule has 0 aromatic heterocycles. The van der Waals surface area contributed by atoms with E-state index in [1.165, 1.54) is 6.92 Å². The minimum absolute atomic E-state index is 0.143. The van der Waals surface area contributed by atoms with E-state index in [-0.39, 0.29) is 12.8 Å². The van der Waals surface area contributed by atoms with Crippen molar-refractivity contribution in [2.45, 2.75) is 62.4 Å². The normalized spacial score (nSPS) is 17.1. The molecule has 0 aliphatic rings. The Labute approximate surface area is 132 Å². The summed E-state index contributed by atoms with van der Waals surface area (Å²) in [5.41, 5.74) is 0. The smallest absolute Gasteiger partial charge is 0.378 e. The molecule has 2 atom stereocenters. The quantitative estimate of drug-likeness (QED) is 0.542. The Bertz CT molecular complexity index is 478. The molecule has 0 radical (unpaired) electrons. The fourth-order valence-electron chi connectivity index (χ4n) is 2.29. The molecule has 0 aliphatic carbocycles. The van der Waals surface area contributed by atoms with Crippen molar-refractivity contribution in [1.29, 1.82) is 0 Å². The molecule has 0 bridgehead atoms. The lowest BCUT2D eigenvalue weighted by Gasteiger charge is -2.34. The van der Waals surface area contributed by atoms with E-state index >= 15 is 0 Å². The second-order valence-electron chi connectivity index (χ2n) is 5.44. The van der Waals surface area contributed by atoms with Gasteiger partial charge in [0, 0.05) is 7.11 Å². The van der Waals surface area contributed by atoms with E-state index in [2.05, 4.69) is 4.74 Å². The van der Waals surface area contributed by atoms with E-state index in [1.807, 2.05) is 0 Å². The third-order valence-electron chi connectivity index (χ3n) is 3.84. The van der Waals surface area contributed by atoms with Crippen LogP contribution in [0.3, 0.4) is 0 Å². The van der Waals surface area contributed by atoms with Crippen LogP contribution in [0.25, 0.3) is 0 Å². The standard InChI is InChI=1S/C13H22F6O3S/c1-5-7-10(6-2)9(3)23(20,21)13(18,19)12(16,17)11(14,15)8-22-4/h9-10H,5-8H2,1-4H3. The van der Waals surface area contributed by atoms with Crippen molar-refractivity contribution in [2.75, 3.05) is 13.7 Å². The van der Waals surface area contributed by atoms with Crippen molar-refractivity contribution in [3.8, 4) is 0 Å². The summed E-state index contributed by atoms with van der Waals surface area (Å²) in [6.45, 7) is 2.01. The van der Waals surface area contributed by atoms with Crippen molar-refractivity contribution < 1.29 is 39.5 Å². The van der Waals surface area contributed by atoms with Crippen LogP contribution in [0.2, 0.25) is 0 Å². The highest BCUT2D eigenvalue weighted by Crippen LogP contribution is 2.50. The molecule has 2 unspecified atom stereocenters. The molecule has 3 nitrogen and oxygen atoms in total. The predicted octanol–water partition coefficient (Wildman–Crippen LogP) is 4.13. The average molecular weight is 372 g/mol. The van der Waals surface area contributed by atoms with E-state index in [1.54, 1.807) is 6.92 Å². The van der Waals surface area contributed by atoms with Crippen LogP contribution in [0.5, 0.6) is 0 Å². The highest BCUT2D eigenvalue weighted by Gasteiger charge is 2.77. The summed E-state index contributed by atoms with van der Waals surface area (Å²) in [5.74, 6) is -12.2. The zero-order valence-corrected chi connectivity index (χ0v) is 14.2. The Morgan fingerprint density at radius 3 is 1.87 bits per heavy atom. The van der Waals surface area contributed by atoms with Gasteiger partial charge in [-0.2, -0.15) is 26.3 Å². The molecule has 23 heavy (non-hydrogen) atoms. The molecule has 0 saturated heterocycles. The van der Waals surface area contributed by atoms with Crippen molar-refractivity contribution in [1.82, 2.24) is 0 Å². The van der Waals surface area contributed by atoms with Gasteiger partial charge in [-0.3, -0.25) is 0 Å². The van der Waals surface area contributed by atoms with Crippen LogP contribution in [-0.4, -0.2) is 44.5 Å². The van der Waals surface area contributed by atoms with Crippen LogP contribution in [0, 0.1) is 5.92 Å². The minimum Gasteiger partial charge on any atom is -0.378 e. The number of methoxy groups -OCH3 is 1. The number of ether oxygens (including phenoxy) is 1. The van der Waals surface area contributed by atoms with Crippen LogP contribution in [0.15, 0.2) is 0 Å². The molecule has 0 aromatic carbocycles. The van der Waals surface area contributed by atoms with Gasteiger partial charge in [0.15, 0.2) is 0 Å². The Morgan fingerprint density at radius 1 is 1.04 bits per heavy atom. The fraction of sp³-hybridized carbons (Fsp3) is 1.00. The van der Waals surface area contributed by atoms with Crippen molar-refractivity contribution in [3.05, 3.63) is 0 Å². The Balaban J connectivity index is 5.87. The maximum Gasteiger partial charge on any atom is 0.413 e. The zero-order valence-electron chi connectivity index (χ0n) is 13.4. The van der Waals surface area contributed by atoms with Gasteiger partial charge in [-0.25, -0.2) is 8.42 Å². The number of alkyl halides is 6. The molecule has 10 heteroatoms. The summed E-state index contributed by atoms with van der Waals surface area (Å²) < 4.78 is 109. The lowest BCUT2D eigenvalue weighted by molar-refractivity contribution is -0.290. The van der Waals surface area contributed by atoms with E-state index in [0.717, 1.165) is 6.92 Å². The second kappa shape index (κ2) is 7.58. The van der Waals surface area contributed by atoms with Crippen LogP contribution in [0.1, 0.15) is 40.0 Å². The number of sulfone groups is 1. The van der Waals surface area contributed by atoms with E-state index in [4.69, 9.17) is 0 Å². The number of rotatable bonds is 10. The van der Waals surface area contributed by atoms with Gasteiger partial charge in [-0.15, -0.1) is 0 Å². The van der Waals surface area contributed by atoms with Gasteiger partial charge in [0.1, 0.15) is 6.61 Å². The Kier molecular flexibility index (Phi) is 7.42. The predicted molar refractivity (Wildman–Crippen MR) is 73.8 cm³/mol. The molecule has 0 heterocycles. The molecule has 0 aromatic rings. The molecule has 0 rings (SSSR count). The van der Waals surface area contributed by atoms with Crippen molar-refractivity contribution in [2.24, 2.45) is 5.92 Å². The topological polar surface area (TPSA) is 43.4 Å². The summed E-state index contributed by atoms with van der Waals surface area (Å²) in [4.78, 5) is 0. The van der Waals surface area contributed by atoms with Gasteiger partial charge in [0.2, 0.25) is 9.84 Å². The average Bonchev–Trinajstić information content (AvgIpc) is 2.43. The highest BCUT2D eigenvalue weighted by molar-refractivity contribution is 7.93. The summed E-state index contributed by atoms with van der Waals surface area (Å²) in [5, 5.41) is -7.80. The van der Waals surface area contributed by atoms with Crippen molar-refractivity contribution in [3.63, 3.8) is 0 Å². The van der Waals surface area contributed by atoms with Gasteiger partial charge in [0.05, 0.1) is 5.25 Å². The number of hydrogen-bond acceptors (Lipinski definition) is 3. The number of hydrogen-bond donors (Lipinski definition) is 0. The summed E-state index contributed by atoms with van der Waals surface area (Å²) in [6, 6.07) is 0. The molecule has 0 fully saturated rings. The van der Waals surface area contributed by atoms with E-state index < -0.39 is 44.7 Å². The summed E-state index contributed by atoms with van der Waals surface area (Å²) in [7, 11) is -5.23. The Morgan fingerprint density at radius 2 is 1.52 bits per heavy atom. The van der Waals surface area contributed by atoms with Gasteiger partial charge >= 0.3 is 17.1 Å². The summed E-state index contributed by atoms with van der Waals surface area (Å²) in [6.07, 6.45) is 0.789. The van der Waals surface area contributed by atoms with Gasteiger partial charge < -0.3 is 4.74 Å². The lowest BCUT2D eigenvalue weighted by Crippen LogP contribution is -2.61. The lowest BCUT2D eigenvalue weighted by atomic mass is 9.98. The number of halogens is 6. The Hall–Kier alpha value is -0.510. The van der Waals surface area contributed by atoms with Crippen LogP contribution in [-0.2, 0) is 14.6 Å². The second-order valence-corrected chi connectivity index (χ2v) is 7.78. The molecular weight excluding hydrogens is 350 g/mol. The van der Waals surface area contributed by atoms with Gasteiger partial charge in [0.25, 0.3) is 0 Å². The zero-order chi connectivity index (χ0) is 18.7. The third-order valence-corrected chi connectivity index (χ3v) is 6.18. The van der Waals surface area contributed by atoms with Crippen LogP contribution < -0.4 is 0 Å². The fourth-order valence-corrected chi connectivity index (χ4v) is 4.10. The molecule has 0 N–H and O–H groups in total. The van der Waals surface area contributed by atoms with Crippen LogP contribution >= 0.6 is 0 Å². The first-order chi connectivity index (χ1) is 10.2. The van der Waals surface area contributed by atoms with Gasteiger partial charge in [-0.1, -0.05) is 26.7 Å². The van der Waals surface area contributed by atoms with E-state index in [9.17, 15) is 34.8 Å². The monoisotopic (exact) mass is 372 g/mol. The molecule has 0 spiro atoms. The molecule has 0 aliphatic heterocycles. The molecular formula is C13H22F6O3S. The molecule has 0 saturated carbocycles. The minimum atomic E-state index is -6.09. The first-order valence-electron chi connectivity index (χ1n) is 7.10.